The summed E-state index contributed by atoms with van der Waals surface area (Å²) in [6.45, 7) is 2.83. The number of hydrogen-bond acceptors (Lipinski definition) is 3. The van der Waals surface area contributed by atoms with Crippen LogP contribution in [0.2, 0.25) is 0 Å². The molecule has 0 saturated heterocycles. The molecule has 1 saturated carbocycles. The Kier molecular flexibility index (Phi) is 4.32. The highest BCUT2D eigenvalue weighted by Gasteiger charge is 2.27. The molecule has 1 fully saturated rings. The average Bonchev–Trinajstić information content (AvgIpc) is 2.71. The van der Waals surface area contributed by atoms with Crippen LogP contribution in [0.5, 0.6) is 5.75 Å². The minimum absolute atomic E-state index is 0.0107. The Labute approximate surface area is 126 Å². The van der Waals surface area contributed by atoms with Crippen LogP contribution in [0, 0.1) is 5.92 Å². The SMILES string of the molecule is CC1CCCC(NC(=O)C2CNc3ccccc3O2)CC1. The lowest BCUT2D eigenvalue weighted by Gasteiger charge is -2.28. The van der Waals surface area contributed by atoms with Gasteiger partial charge >= 0.3 is 0 Å². The highest BCUT2D eigenvalue weighted by atomic mass is 16.5. The predicted molar refractivity (Wildman–Crippen MR) is 83.5 cm³/mol. The van der Waals surface area contributed by atoms with Gasteiger partial charge in [0.2, 0.25) is 0 Å². The van der Waals surface area contributed by atoms with Crippen molar-refractivity contribution >= 4 is 11.6 Å². The van der Waals surface area contributed by atoms with Crippen molar-refractivity contribution in [2.75, 3.05) is 11.9 Å². The zero-order valence-electron chi connectivity index (χ0n) is 12.6. The topological polar surface area (TPSA) is 50.4 Å². The average molecular weight is 288 g/mol. The number of rotatable bonds is 2. The largest absolute Gasteiger partial charge is 0.477 e. The zero-order chi connectivity index (χ0) is 14.7. The highest BCUT2D eigenvalue weighted by Crippen LogP contribution is 2.28. The van der Waals surface area contributed by atoms with Crippen LogP contribution < -0.4 is 15.4 Å². The minimum Gasteiger partial charge on any atom is -0.477 e. The van der Waals surface area contributed by atoms with E-state index in [9.17, 15) is 4.79 Å². The molecule has 1 aliphatic heterocycles. The van der Waals surface area contributed by atoms with Crippen LogP contribution in [0.3, 0.4) is 0 Å². The zero-order valence-corrected chi connectivity index (χ0v) is 12.6. The molecule has 0 spiro atoms. The van der Waals surface area contributed by atoms with Crippen molar-refractivity contribution in [3.63, 3.8) is 0 Å². The van der Waals surface area contributed by atoms with E-state index in [2.05, 4.69) is 17.6 Å². The molecule has 1 aromatic rings. The molecule has 1 aromatic carbocycles. The number of para-hydroxylation sites is 2. The molecule has 0 radical (unpaired) electrons. The number of benzene rings is 1. The van der Waals surface area contributed by atoms with Gasteiger partial charge in [0.25, 0.3) is 5.91 Å². The summed E-state index contributed by atoms with van der Waals surface area (Å²) in [5, 5.41) is 6.44. The lowest BCUT2D eigenvalue weighted by Crippen LogP contribution is -2.48. The first-order valence-corrected chi connectivity index (χ1v) is 8.02. The Morgan fingerprint density at radius 1 is 1.24 bits per heavy atom. The van der Waals surface area contributed by atoms with Crippen LogP contribution in [0.25, 0.3) is 0 Å². The number of hydrogen-bond donors (Lipinski definition) is 2. The summed E-state index contributed by atoms with van der Waals surface area (Å²) >= 11 is 0. The number of amides is 1. The van der Waals surface area contributed by atoms with E-state index in [-0.39, 0.29) is 5.91 Å². The van der Waals surface area contributed by atoms with Gasteiger partial charge in [0.15, 0.2) is 6.10 Å². The molecular weight excluding hydrogens is 264 g/mol. The van der Waals surface area contributed by atoms with Crippen molar-refractivity contribution in [3.05, 3.63) is 24.3 Å². The normalized spacial score (nSPS) is 28.5. The van der Waals surface area contributed by atoms with Crippen molar-refractivity contribution in [1.82, 2.24) is 5.32 Å². The van der Waals surface area contributed by atoms with E-state index < -0.39 is 6.10 Å². The van der Waals surface area contributed by atoms with E-state index in [1.165, 1.54) is 19.3 Å². The number of carbonyl (C=O) groups is 1. The van der Waals surface area contributed by atoms with Crippen molar-refractivity contribution in [2.45, 2.75) is 51.2 Å². The molecule has 4 nitrogen and oxygen atoms in total. The van der Waals surface area contributed by atoms with Crippen LogP contribution in [0.4, 0.5) is 5.69 Å². The summed E-state index contributed by atoms with van der Waals surface area (Å²) in [5.41, 5.74) is 0.963. The fourth-order valence-electron chi connectivity index (χ4n) is 3.18. The van der Waals surface area contributed by atoms with Gasteiger partial charge in [0.1, 0.15) is 5.75 Å². The maximum absolute atomic E-state index is 12.4. The van der Waals surface area contributed by atoms with Crippen LogP contribution in [-0.4, -0.2) is 24.6 Å². The van der Waals surface area contributed by atoms with Crippen molar-refractivity contribution in [3.8, 4) is 5.75 Å². The summed E-state index contributed by atoms with van der Waals surface area (Å²) in [5.74, 6) is 1.56. The van der Waals surface area contributed by atoms with Gasteiger partial charge < -0.3 is 15.4 Å². The number of nitrogens with one attached hydrogen (secondary N) is 2. The van der Waals surface area contributed by atoms with Crippen LogP contribution in [0.1, 0.15) is 39.0 Å². The lowest BCUT2D eigenvalue weighted by molar-refractivity contribution is -0.128. The monoisotopic (exact) mass is 288 g/mol. The first kappa shape index (κ1) is 14.2. The summed E-state index contributed by atoms with van der Waals surface area (Å²) in [4.78, 5) is 12.4. The quantitative estimate of drug-likeness (QED) is 0.823. The van der Waals surface area contributed by atoms with Gasteiger partial charge in [-0.2, -0.15) is 0 Å². The predicted octanol–water partition coefficient (Wildman–Crippen LogP) is 2.94. The van der Waals surface area contributed by atoms with Gasteiger partial charge in [0.05, 0.1) is 12.2 Å². The Morgan fingerprint density at radius 3 is 3.00 bits per heavy atom. The Bertz CT molecular complexity index is 503. The van der Waals surface area contributed by atoms with E-state index in [0.717, 1.165) is 30.2 Å². The summed E-state index contributed by atoms with van der Waals surface area (Å²) in [6.07, 6.45) is 5.44. The molecule has 1 aliphatic carbocycles. The molecule has 3 unspecified atom stereocenters. The molecule has 21 heavy (non-hydrogen) atoms. The van der Waals surface area contributed by atoms with Gasteiger partial charge in [-0.3, -0.25) is 4.79 Å². The van der Waals surface area contributed by atoms with E-state index >= 15 is 0 Å². The van der Waals surface area contributed by atoms with E-state index in [0.29, 0.717) is 12.6 Å². The van der Waals surface area contributed by atoms with Crippen LogP contribution in [-0.2, 0) is 4.79 Å². The molecule has 1 heterocycles. The van der Waals surface area contributed by atoms with E-state index in [1.54, 1.807) is 0 Å². The standard InChI is InChI=1S/C17H24N2O2/c1-12-5-4-6-13(10-9-12)19-17(20)16-11-18-14-7-2-3-8-15(14)21-16/h2-3,7-8,12-13,16,18H,4-6,9-11H2,1H3,(H,19,20). The maximum Gasteiger partial charge on any atom is 0.263 e. The molecule has 2 aliphatic rings. The van der Waals surface area contributed by atoms with Gasteiger partial charge in [-0.1, -0.05) is 31.9 Å². The third-order valence-electron chi connectivity index (χ3n) is 4.53. The van der Waals surface area contributed by atoms with Crippen LogP contribution >= 0.6 is 0 Å². The summed E-state index contributed by atoms with van der Waals surface area (Å²) in [7, 11) is 0. The number of fused-ring (bicyclic) bond motifs is 1. The first-order chi connectivity index (χ1) is 10.2. The molecule has 114 valence electrons. The van der Waals surface area contributed by atoms with Gasteiger partial charge in [-0.15, -0.1) is 0 Å². The lowest BCUT2D eigenvalue weighted by atomic mass is 10.0. The third-order valence-corrected chi connectivity index (χ3v) is 4.53. The highest BCUT2D eigenvalue weighted by molar-refractivity contribution is 5.83. The van der Waals surface area contributed by atoms with E-state index in [1.807, 2.05) is 24.3 Å². The Balaban J connectivity index is 1.57. The Hall–Kier alpha value is -1.71. The summed E-state index contributed by atoms with van der Waals surface area (Å²) in [6, 6.07) is 8.06. The second-order valence-corrected chi connectivity index (χ2v) is 6.30. The smallest absolute Gasteiger partial charge is 0.263 e. The molecule has 2 N–H and O–H groups in total. The van der Waals surface area contributed by atoms with E-state index in [4.69, 9.17) is 4.74 Å². The molecule has 3 rings (SSSR count). The molecule has 0 aromatic heterocycles. The summed E-state index contributed by atoms with van der Waals surface area (Å²) < 4.78 is 5.81. The fourth-order valence-corrected chi connectivity index (χ4v) is 3.18. The minimum atomic E-state index is -0.430. The molecular formula is C17H24N2O2. The first-order valence-electron chi connectivity index (χ1n) is 8.02. The van der Waals surface area contributed by atoms with Gasteiger partial charge in [-0.05, 0) is 37.3 Å². The van der Waals surface area contributed by atoms with Crippen LogP contribution in [0.15, 0.2) is 24.3 Å². The fraction of sp³-hybridized carbons (Fsp3) is 0.588. The Morgan fingerprint density at radius 2 is 2.10 bits per heavy atom. The number of carbonyl (C=O) groups excluding carboxylic acids is 1. The maximum atomic E-state index is 12.4. The number of anilines is 1. The molecule has 1 amide bonds. The molecule has 0 bridgehead atoms. The van der Waals surface area contributed by atoms with Gasteiger partial charge in [0, 0.05) is 6.04 Å². The van der Waals surface area contributed by atoms with Crippen molar-refractivity contribution in [2.24, 2.45) is 5.92 Å². The second kappa shape index (κ2) is 6.37. The third kappa shape index (κ3) is 3.49. The van der Waals surface area contributed by atoms with Gasteiger partial charge in [-0.25, -0.2) is 0 Å². The number of ether oxygens (including phenoxy) is 1. The van der Waals surface area contributed by atoms with Crippen molar-refractivity contribution in [1.29, 1.82) is 0 Å². The molecule has 3 atom stereocenters. The molecule has 4 heteroatoms. The van der Waals surface area contributed by atoms with Crippen molar-refractivity contribution < 1.29 is 9.53 Å². The second-order valence-electron chi connectivity index (χ2n) is 6.30.